The number of hydrogen-bond donors (Lipinski definition) is 3. The molecule has 1 aliphatic rings. The lowest BCUT2D eigenvalue weighted by molar-refractivity contribution is -0.119. The largest absolute Gasteiger partial charge is 0.492 e. The highest BCUT2D eigenvalue weighted by molar-refractivity contribution is 5.99. The van der Waals surface area contributed by atoms with Crippen LogP contribution in [-0.2, 0) is 4.79 Å². The van der Waals surface area contributed by atoms with E-state index in [4.69, 9.17) is 9.72 Å². The Kier molecular flexibility index (Phi) is 7.68. The first-order valence-corrected chi connectivity index (χ1v) is 15.1. The summed E-state index contributed by atoms with van der Waals surface area (Å²) in [6.45, 7) is 1.16. The second-order valence-corrected chi connectivity index (χ2v) is 11.7. The van der Waals surface area contributed by atoms with Crippen molar-refractivity contribution in [3.05, 3.63) is 72.9 Å². The van der Waals surface area contributed by atoms with E-state index in [2.05, 4.69) is 30.5 Å². The van der Waals surface area contributed by atoms with Gasteiger partial charge in [0.25, 0.3) is 0 Å². The van der Waals surface area contributed by atoms with Gasteiger partial charge in [-0.05, 0) is 69.4 Å². The summed E-state index contributed by atoms with van der Waals surface area (Å²) in [5.74, 6) is 0.167. The van der Waals surface area contributed by atoms with Crippen LogP contribution in [0.15, 0.2) is 67.1 Å². The summed E-state index contributed by atoms with van der Waals surface area (Å²) >= 11 is 0. The molecule has 0 spiro atoms. The molecule has 6 aromatic rings. The number of pyridine rings is 3. The highest BCUT2D eigenvalue weighted by Gasteiger charge is 2.23. The van der Waals surface area contributed by atoms with Crippen molar-refractivity contribution in [2.24, 2.45) is 5.92 Å². The highest BCUT2D eigenvalue weighted by atomic mass is 19.1. The van der Waals surface area contributed by atoms with Gasteiger partial charge in [-0.1, -0.05) is 12.8 Å². The molecule has 1 amide bonds. The third-order valence-electron chi connectivity index (χ3n) is 8.19. The number of rotatable bonds is 9. The number of nitrogens with one attached hydrogen (secondary N) is 3. The van der Waals surface area contributed by atoms with Gasteiger partial charge in [0, 0.05) is 53.0 Å². The summed E-state index contributed by atoms with van der Waals surface area (Å²) in [6.07, 6.45) is 9.14. The minimum absolute atomic E-state index is 0.0472. The number of H-pyrrole nitrogens is 2. The number of halogens is 1. The van der Waals surface area contributed by atoms with Gasteiger partial charge in [0.15, 0.2) is 0 Å². The number of carbonyl (C=O) groups excluding carboxylic acids is 1. The second-order valence-electron chi connectivity index (χ2n) is 11.7. The van der Waals surface area contributed by atoms with E-state index in [1.807, 2.05) is 55.4 Å². The molecule has 228 valence electrons. The summed E-state index contributed by atoms with van der Waals surface area (Å²) in [7, 11) is 3.92. The van der Waals surface area contributed by atoms with E-state index < -0.39 is 5.82 Å². The van der Waals surface area contributed by atoms with Crippen LogP contribution in [0.3, 0.4) is 0 Å². The zero-order chi connectivity index (χ0) is 30.9. The molecular formula is C34H33FN8O2. The number of likely N-dealkylation sites (N-methyl/N-ethyl adjacent to an activating group) is 1. The molecule has 0 aliphatic heterocycles. The minimum Gasteiger partial charge on any atom is -0.492 e. The number of carbonyl (C=O) groups is 1. The van der Waals surface area contributed by atoms with Crippen LogP contribution in [0.4, 0.5) is 10.1 Å². The van der Waals surface area contributed by atoms with Crippen molar-refractivity contribution in [1.82, 2.24) is 35.0 Å². The van der Waals surface area contributed by atoms with E-state index in [0.717, 1.165) is 53.4 Å². The van der Waals surface area contributed by atoms with Crippen molar-refractivity contribution in [1.29, 1.82) is 0 Å². The van der Waals surface area contributed by atoms with Crippen LogP contribution in [0.1, 0.15) is 25.7 Å². The van der Waals surface area contributed by atoms with Crippen molar-refractivity contribution in [2.45, 2.75) is 25.7 Å². The average molecular weight is 605 g/mol. The van der Waals surface area contributed by atoms with Gasteiger partial charge in [-0.25, -0.2) is 9.37 Å². The SMILES string of the molecule is CN(C)CCOc1cc(F)cc(-c2nccc3[nH]c(-c4n[nH]c5ccc(-c6cncc(NC(=O)C7CCCC7)c6)nc45)cc23)c1. The maximum absolute atomic E-state index is 14.7. The maximum atomic E-state index is 14.7. The van der Waals surface area contributed by atoms with E-state index >= 15 is 0 Å². The van der Waals surface area contributed by atoms with Crippen LogP contribution >= 0.6 is 0 Å². The Labute approximate surface area is 259 Å². The molecule has 7 rings (SSSR count). The molecule has 0 radical (unpaired) electrons. The van der Waals surface area contributed by atoms with Crippen LogP contribution in [0, 0.1) is 11.7 Å². The number of aromatic nitrogens is 6. The number of aromatic amines is 2. The quantitative estimate of drug-likeness (QED) is 0.174. The fraction of sp³-hybridized carbons (Fsp3) is 0.265. The lowest BCUT2D eigenvalue weighted by Crippen LogP contribution is -2.20. The zero-order valence-corrected chi connectivity index (χ0v) is 25.1. The third kappa shape index (κ3) is 5.99. The molecule has 1 aliphatic carbocycles. The Morgan fingerprint density at radius 1 is 1.02 bits per heavy atom. The van der Waals surface area contributed by atoms with Crippen LogP contribution in [0.25, 0.3) is 55.8 Å². The lowest BCUT2D eigenvalue weighted by Gasteiger charge is -2.12. The predicted molar refractivity (Wildman–Crippen MR) is 172 cm³/mol. The standard InChI is InChI=1S/C34H33FN8O2/c1-43(2)11-12-45-25-15-21(13-23(35)16-25)31-26-17-30(39-28(26)9-10-37-31)33-32-29(41-42-33)8-7-27(40-32)22-14-24(19-36-18-22)38-34(44)20-5-3-4-6-20/h7-10,13-20,39H,3-6,11-12H2,1-2H3,(H,38,44)(H,41,42). The molecule has 0 saturated heterocycles. The van der Waals surface area contributed by atoms with E-state index in [1.165, 1.54) is 12.1 Å². The summed E-state index contributed by atoms with van der Waals surface area (Å²) in [6, 6.07) is 14.2. The molecule has 5 heterocycles. The van der Waals surface area contributed by atoms with E-state index in [1.54, 1.807) is 18.6 Å². The van der Waals surface area contributed by atoms with Crippen LogP contribution in [-0.4, -0.2) is 68.2 Å². The van der Waals surface area contributed by atoms with Crippen molar-refractivity contribution in [2.75, 3.05) is 32.6 Å². The Morgan fingerprint density at radius 2 is 1.89 bits per heavy atom. The van der Waals surface area contributed by atoms with Crippen LogP contribution in [0.5, 0.6) is 5.75 Å². The van der Waals surface area contributed by atoms with Crippen molar-refractivity contribution < 1.29 is 13.9 Å². The molecule has 1 aromatic carbocycles. The normalized spacial score (nSPS) is 13.7. The van der Waals surface area contributed by atoms with Gasteiger partial charge in [-0.2, -0.15) is 5.10 Å². The zero-order valence-electron chi connectivity index (χ0n) is 25.1. The van der Waals surface area contributed by atoms with Crippen molar-refractivity contribution >= 4 is 33.5 Å². The van der Waals surface area contributed by atoms with Gasteiger partial charge in [-0.15, -0.1) is 0 Å². The van der Waals surface area contributed by atoms with Gasteiger partial charge in [0.2, 0.25) is 5.91 Å². The Balaban J connectivity index is 1.20. The molecule has 3 N–H and O–H groups in total. The van der Waals surface area contributed by atoms with Crippen LogP contribution in [0.2, 0.25) is 0 Å². The monoisotopic (exact) mass is 604 g/mol. The van der Waals surface area contributed by atoms with Gasteiger partial charge < -0.3 is 19.9 Å². The molecule has 1 saturated carbocycles. The maximum Gasteiger partial charge on any atom is 0.227 e. The average Bonchev–Trinajstić information content (AvgIpc) is 3.80. The Morgan fingerprint density at radius 3 is 2.73 bits per heavy atom. The van der Waals surface area contributed by atoms with Gasteiger partial charge in [-0.3, -0.25) is 19.9 Å². The molecule has 5 aromatic heterocycles. The molecule has 45 heavy (non-hydrogen) atoms. The topological polar surface area (TPSA) is 125 Å². The second kappa shape index (κ2) is 12.1. The van der Waals surface area contributed by atoms with Crippen molar-refractivity contribution in [3.8, 4) is 39.7 Å². The van der Waals surface area contributed by atoms with E-state index in [9.17, 15) is 9.18 Å². The third-order valence-corrected chi connectivity index (χ3v) is 8.19. The number of hydrogen-bond acceptors (Lipinski definition) is 7. The van der Waals surface area contributed by atoms with Crippen molar-refractivity contribution in [3.63, 3.8) is 0 Å². The highest BCUT2D eigenvalue weighted by Crippen LogP contribution is 2.35. The molecule has 0 bridgehead atoms. The molecule has 10 nitrogen and oxygen atoms in total. The smallest absolute Gasteiger partial charge is 0.227 e. The molecule has 0 unspecified atom stereocenters. The fourth-order valence-electron chi connectivity index (χ4n) is 5.87. The molecular weight excluding hydrogens is 571 g/mol. The first-order valence-electron chi connectivity index (χ1n) is 15.1. The predicted octanol–water partition coefficient (Wildman–Crippen LogP) is 6.44. The molecule has 1 fully saturated rings. The first-order chi connectivity index (χ1) is 21.9. The number of anilines is 1. The summed E-state index contributed by atoms with van der Waals surface area (Å²) in [5, 5.41) is 11.5. The number of benzene rings is 1. The number of fused-ring (bicyclic) bond motifs is 2. The van der Waals surface area contributed by atoms with Crippen LogP contribution < -0.4 is 10.1 Å². The molecule has 11 heteroatoms. The van der Waals surface area contributed by atoms with Gasteiger partial charge >= 0.3 is 0 Å². The Hall–Kier alpha value is -5.16. The fourth-order valence-corrected chi connectivity index (χ4v) is 5.87. The lowest BCUT2D eigenvalue weighted by atomic mass is 10.1. The number of nitrogens with zero attached hydrogens (tertiary/aromatic N) is 5. The number of ether oxygens (including phenoxy) is 1. The Bertz CT molecular complexity index is 2010. The van der Waals surface area contributed by atoms with Gasteiger partial charge in [0.05, 0.1) is 34.5 Å². The summed E-state index contributed by atoms with van der Waals surface area (Å²) < 4.78 is 20.5. The van der Waals surface area contributed by atoms with Gasteiger partial charge in [0.1, 0.15) is 29.4 Å². The minimum atomic E-state index is -0.395. The summed E-state index contributed by atoms with van der Waals surface area (Å²) in [5.41, 5.74) is 7.04. The number of amides is 1. The summed E-state index contributed by atoms with van der Waals surface area (Å²) in [4.78, 5) is 32.0. The van der Waals surface area contributed by atoms with E-state index in [-0.39, 0.29) is 11.8 Å². The molecule has 0 atom stereocenters. The van der Waals surface area contributed by atoms with E-state index in [0.29, 0.717) is 52.8 Å². The first kappa shape index (κ1) is 28.6.